The Kier molecular flexibility index (Phi) is 3.54. The quantitative estimate of drug-likeness (QED) is 0.813. The minimum atomic E-state index is -0.537. The lowest BCUT2D eigenvalue weighted by atomic mass is 9.95. The van der Waals surface area contributed by atoms with Gasteiger partial charge in [-0.15, -0.1) is 0 Å². The molecule has 19 heavy (non-hydrogen) atoms. The van der Waals surface area contributed by atoms with E-state index in [0.717, 1.165) is 15.9 Å². The molecule has 0 aliphatic heterocycles. The Hall–Kier alpha value is -1.56. The van der Waals surface area contributed by atoms with Crippen molar-refractivity contribution in [3.63, 3.8) is 0 Å². The molecule has 0 aliphatic rings. The van der Waals surface area contributed by atoms with Gasteiger partial charge in [-0.05, 0) is 33.8 Å². The zero-order valence-electron chi connectivity index (χ0n) is 11.4. The highest BCUT2D eigenvalue weighted by Crippen LogP contribution is 2.25. The monoisotopic (exact) mass is 274 g/mol. The van der Waals surface area contributed by atoms with Crippen LogP contribution in [0, 0.1) is 6.92 Å². The summed E-state index contributed by atoms with van der Waals surface area (Å²) in [5.41, 5.74) is 0.903. The minimum Gasteiger partial charge on any atom is -0.444 e. The second kappa shape index (κ2) is 4.85. The molecule has 1 N–H and O–H groups in total. The standard InChI is InChI=1S/C13H15BN2O2S/c1-7-5-6-8-9(14)11(19-10(8)15-7)16-12(17)18-13(2,3)4/h5-6H,1-4H3,(H,16,17). The Morgan fingerprint density at radius 2 is 2.11 bits per heavy atom. The first-order chi connectivity index (χ1) is 8.76. The topological polar surface area (TPSA) is 51.2 Å². The highest BCUT2D eigenvalue weighted by Gasteiger charge is 2.18. The number of anilines is 1. The number of thiophene rings is 1. The number of nitrogens with zero attached hydrogens (tertiary/aromatic N) is 1. The molecule has 98 valence electrons. The van der Waals surface area contributed by atoms with Crippen molar-refractivity contribution in [3.8, 4) is 0 Å². The van der Waals surface area contributed by atoms with E-state index in [-0.39, 0.29) is 0 Å². The van der Waals surface area contributed by atoms with Gasteiger partial charge in [-0.1, -0.05) is 22.9 Å². The Balaban J connectivity index is 2.26. The van der Waals surface area contributed by atoms with Gasteiger partial charge in [-0.2, -0.15) is 0 Å². The van der Waals surface area contributed by atoms with Crippen LogP contribution in [0.5, 0.6) is 0 Å². The number of carbonyl (C=O) groups is 1. The summed E-state index contributed by atoms with van der Waals surface area (Å²) >= 11 is 1.34. The van der Waals surface area contributed by atoms with Gasteiger partial charge in [0, 0.05) is 11.1 Å². The van der Waals surface area contributed by atoms with Crippen molar-refractivity contribution in [2.24, 2.45) is 0 Å². The van der Waals surface area contributed by atoms with Gasteiger partial charge in [-0.25, -0.2) is 9.78 Å². The van der Waals surface area contributed by atoms with Crippen LogP contribution < -0.4 is 10.8 Å². The van der Waals surface area contributed by atoms with Crippen LogP contribution >= 0.6 is 11.3 Å². The smallest absolute Gasteiger partial charge is 0.412 e. The second-order valence-electron chi connectivity index (χ2n) is 5.28. The highest BCUT2D eigenvalue weighted by molar-refractivity contribution is 7.24. The van der Waals surface area contributed by atoms with Gasteiger partial charge in [-0.3, -0.25) is 5.32 Å². The molecule has 0 aliphatic carbocycles. The Bertz CT molecular complexity index is 631. The van der Waals surface area contributed by atoms with E-state index in [9.17, 15) is 4.79 Å². The molecule has 1 amide bonds. The van der Waals surface area contributed by atoms with Gasteiger partial charge >= 0.3 is 6.09 Å². The molecular formula is C13H15BN2O2S. The van der Waals surface area contributed by atoms with Crippen LogP contribution in [0.25, 0.3) is 10.2 Å². The number of pyridine rings is 1. The van der Waals surface area contributed by atoms with Crippen LogP contribution in [-0.4, -0.2) is 24.5 Å². The molecule has 0 fully saturated rings. The summed E-state index contributed by atoms with van der Waals surface area (Å²) in [6, 6.07) is 3.80. The molecule has 0 aromatic carbocycles. The van der Waals surface area contributed by atoms with Gasteiger partial charge in [0.1, 0.15) is 18.3 Å². The van der Waals surface area contributed by atoms with Crippen LogP contribution in [0.15, 0.2) is 12.1 Å². The number of ether oxygens (including phenoxy) is 1. The lowest BCUT2D eigenvalue weighted by Gasteiger charge is -2.19. The maximum absolute atomic E-state index is 11.7. The van der Waals surface area contributed by atoms with Crippen molar-refractivity contribution >= 4 is 46.0 Å². The van der Waals surface area contributed by atoms with Crippen LogP contribution in [0.3, 0.4) is 0 Å². The molecule has 4 nitrogen and oxygen atoms in total. The largest absolute Gasteiger partial charge is 0.444 e. The predicted molar refractivity (Wildman–Crippen MR) is 79.6 cm³/mol. The molecule has 2 aromatic rings. The molecule has 0 atom stereocenters. The molecule has 6 heteroatoms. The summed E-state index contributed by atoms with van der Waals surface area (Å²) in [5.74, 6) is 0. The van der Waals surface area contributed by atoms with Crippen molar-refractivity contribution in [1.82, 2.24) is 4.98 Å². The van der Waals surface area contributed by atoms with E-state index in [2.05, 4.69) is 10.3 Å². The first-order valence-electron chi connectivity index (χ1n) is 5.92. The number of amides is 1. The van der Waals surface area contributed by atoms with Crippen molar-refractivity contribution in [1.29, 1.82) is 0 Å². The zero-order chi connectivity index (χ0) is 14.2. The van der Waals surface area contributed by atoms with Crippen molar-refractivity contribution in [3.05, 3.63) is 17.8 Å². The fourth-order valence-corrected chi connectivity index (χ4v) is 2.60. The third-order valence-electron chi connectivity index (χ3n) is 2.35. The number of aromatic nitrogens is 1. The predicted octanol–water partition coefficient (Wildman–Crippen LogP) is 2.75. The Morgan fingerprint density at radius 3 is 2.74 bits per heavy atom. The van der Waals surface area contributed by atoms with Gasteiger partial charge in [0.2, 0.25) is 0 Å². The molecule has 0 saturated carbocycles. The average molecular weight is 274 g/mol. The summed E-state index contributed by atoms with van der Waals surface area (Å²) in [7, 11) is 6.00. The number of fused-ring (bicyclic) bond motifs is 1. The average Bonchev–Trinajstić information content (AvgIpc) is 2.52. The number of rotatable bonds is 1. The molecule has 2 radical (unpaired) electrons. The molecule has 2 rings (SSSR count). The Labute approximate surface area is 117 Å². The van der Waals surface area contributed by atoms with E-state index in [1.165, 1.54) is 11.3 Å². The van der Waals surface area contributed by atoms with E-state index in [4.69, 9.17) is 12.6 Å². The summed E-state index contributed by atoms with van der Waals surface area (Å²) in [4.78, 5) is 16.9. The maximum atomic E-state index is 11.7. The van der Waals surface area contributed by atoms with E-state index in [1.807, 2.05) is 39.8 Å². The summed E-state index contributed by atoms with van der Waals surface area (Å²) in [6.45, 7) is 7.35. The fourth-order valence-electron chi connectivity index (χ4n) is 1.58. The molecule has 0 saturated heterocycles. The van der Waals surface area contributed by atoms with Gasteiger partial charge in [0.25, 0.3) is 0 Å². The van der Waals surface area contributed by atoms with Gasteiger partial charge in [0.05, 0.1) is 5.00 Å². The second-order valence-corrected chi connectivity index (χ2v) is 6.28. The number of aryl methyl sites for hydroxylation is 1. The lowest BCUT2D eigenvalue weighted by molar-refractivity contribution is 0.0636. The zero-order valence-corrected chi connectivity index (χ0v) is 12.2. The normalized spacial score (nSPS) is 11.6. The summed E-state index contributed by atoms with van der Waals surface area (Å²) in [6.07, 6.45) is -0.512. The number of carbonyl (C=O) groups excluding carboxylic acids is 1. The fraction of sp³-hybridized carbons (Fsp3) is 0.385. The van der Waals surface area contributed by atoms with Crippen LogP contribution in [0.4, 0.5) is 9.80 Å². The van der Waals surface area contributed by atoms with E-state index in [1.54, 1.807) is 0 Å². The molecule has 2 heterocycles. The van der Waals surface area contributed by atoms with Crippen LogP contribution in [0.1, 0.15) is 26.5 Å². The van der Waals surface area contributed by atoms with Crippen LogP contribution in [-0.2, 0) is 4.74 Å². The molecule has 2 aromatic heterocycles. The van der Waals surface area contributed by atoms with Crippen LogP contribution in [0.2, 0.25) is 0 Å². The molecule has 0 bridgehead atoms. The van der Waals surface area contributed by atoms with Crippen molar-refractivity contribution < 1.29 is 9.53 Å². The molecule has 0 spiro atoms. The van der Waals surface area contributed by atoms with E-state index in [0.29, 0.717) is 10.5 Å². The van der Waals surface area contributed by atoms with Crippen molar-refractivity contribution in [2.45, 2.75) is 33.3 Å². The summed E-state index contributed by atoms with van der Waals surface area (Å²) in [5, 5.41) is 4.09. The first-order valence-corrected chi connectivity index (χ1v) is 6.73. The van der Waals surface area contributed by atoms with Gasteiger partial charge in [0.15, 0.2) is 0 Å². The Morgan fingerprint density at radius 1 is 1.42 bits per heavy atom. The van der Waals surface area contributed by atoms with E-state index >= 15 is 0 Å². The number of hydrogen-bond acceptors (Lipinski definition) is 4. The first kappa shape index (κ1) is 13.9. The third kappa shape index (κ3) is 3.26. The van der Waals surface area contributed by atoms with E-state index < -0.39 is 11.7 Å². The third-order valence-corrected chi connectivity index (χ3v) is 3.38. The minimum absolute atomic E-state index is 0.512. The molecular weight excluding hydrogens is 259 g/mol. The lowest BCUT2D eigenvalue weighted by Crippen LogP contribution is -2.28. The SMILES string of the molecule is [B]c1c(NC(=O)OC(C)(C)C)sc2nc(C)ccc12. The number of hydrogen-bond donors (Lipinski definition) is 1. The maximum Gasteiger partial charge on any atom is 0.412 e. The van der Waals surface area contributed by atoms with Crippen molar-refractivity contribution in [2.75, 3.05) is 5.32 Å². The number of nitrogens with one attached hydrogen (secondary N) is 1. The highest BCUT2D eigenvalue weighted by atomic mass is 32.1. The molecule has 0 unspecified atom stereocenters. The van der Waals surface area contributed by atoms with Gasteiger partial charge < -0.3 is 4.74 Å². The summed E-state index contributed by atoms with van der Waals surface area (Å²) < 4.78 is 5.20.